The fourth-order valence-corrected chi connectivity index (χ4v) is 1.83. The average molecular weight is 199 g/mol. The topological polar surface area (TPSA) is 49.3 Å². The molecule has 2 atom stereocenters. The third-order valence-corrected chi connectivity index (χ3v) is 3.24. The van der Waals surface area contributed by atoms with Crippen molar-refractivity contribution in [3.8, 4) is 0 Å². The van der Waals surface area contributed by atoms with Crippen molar-refractivity contribution >= 4 is 5.91 Å². The van der Waals surface area contributed by atoms with Crippen LogP contribution in [0.15, 0.2) is 0 Å². The minimum atomic E-state index is 0.0769. The van der Waals surface area contributed by atoms with E-state index in [9.17, 15) is 4.79 Å². The maximum atomic E-state index is 11.7. The van der Waals surface area contributed by atoms with Crippen LogP contribution < -0.4 is 5.32 Å². The van der Waals surface area contributed by atoms with Gasteiger partial charge in [0.1, 0.15) is 0 Å². The molecule has 0 aliphatic heterocycles. The van der Waals surface area contributed by atoms with Gasteiger partial charge in [0.2, 0.25) is 5.91 Å². The van der Waals surface area contributed by atoms with Crippen LogP contribution in [0.5, 0.6) is 0 Å². The molecule has 0 aromatic carbocycles. The molecule has 0 heterocycles. The van der Waals surface area contributed by atoms with E-state index in [1.165, 1.54) is 12.8 Å². The van der Waals surface area contributed by atoms with Gasteiger partial charge in [0.25, 0.3) is 0 Å². The van der Waals surface area contributed by atoms with Crippen LogP contribution in [0.1, 0.15) is 39.5 Å². The fraction of sp³-hybridized carbons (Fsp3) is 0.909. The lowest BCUT2D eigenvalue weighted by molar-refractivity contribution is -0.125. The van der Waals surface area contributed by atoms with Gasteiger partial charge in [-0.05, 0) is 25.7 Å². The number of carbonyl (C=O) groups excluding carboxylic acids is 1. The zero-order chi connectivity index (χ0) is 10.6. The Labute approximate surface area is 85.9 Å². The standard InChI is InChI=1S/C11H21NO2/c1-8(7-13)9(2)12-11(14)10-5-3-4-6-10/h8-10,13H,3-7H2,1-2H3,(H,12,14). The molecular weight excluding hydrogens is 178 g/mol. The van der Waals surface area contributed by atoms with Crippen molar-refractivity contribution < 1.29 is 9.90 Å². The summed E-state index contributed by atoms with van der Waals surface area (Å²) in [4.78, 5) is 11.7. The molecule has 0 bridgehead atoms. The van der Waals surface area contributed by atoms with Gasteiger partial charge < -0.3 is 10.4 Å². The molecular formula is C11H21NO2. The van der Waals surface area contributed by atoms with E-state index in [1.54, 1.807) is 0 Å². The number of carbonyl (C=O) groups is 1. The Balaban J connectivity index is 2.31. The van der Waals surface area contributed by atoms with Crippen molar-refractivity contribution in [3.05, 3.63) is 0 Å². The second-order valence-electron chi connectivity index (χ2n) is 4.44. The highest BCUT2D eigenvalue weighted by Gasteiger charge is 2.24. The highest BCUT2D eigenvalue weighted by molar-refractivity contribution is 5.79. The number of aliphatic hydroxyl groups is 1. The minimum absolute atomic E-state index is 0.0769. The molecule has 2 unspecified atom stereocenters. The Morgan fingerprint density at radius 2 is 2.00 bits per heavy atom. The maximum Gasteiger partial charge on any atom is 0.223 e. The van der Waals surface area contributed by atoms with Gasteiger partial charge in [-0.3, -0.25) is 4.79 Å². The Morgan fingerprint density at radius 1 is 1.43 bits per heavy atom. The highest BCUT2D eigenvalue weighted by Crippen LogP contribution is 2.24. The molecule has 1 rings (SSSR count). The second kappa shape index (κ2) is 5.35. The first-order valence-electron chi connectivity index (χ1n) is 5.56. The first-order chi connectivity index (χ1) is 6.65. The second-order valence-corrected chi connectivity index (χ2v) is 4.44. The van der Waals surface area contributed by atoms with E-state index in [0.717, 1.165) is 12.8 Å². The normalized spacial score (nSPS) is 21.9. The number of aliphatic hydroxyl groups excluding tert-OH is 1. The van der Waals surface area contributed by atoms with Gasteiger partial charge in [-0.15, -0.1) is 0 Å². The zero-order valence-electron chi connectivity index (χ0n) is 9.12. The largest absolute Gasteiger partial charge is 0.396 e. The quantitative estimate of drug-likeness (QED) is 0.717. The molecule has 1 saturated carbocycles. The van der Waals surface area contributed by atoms with Gasteiger partial charge in [0.15, 0.2) is 0 Å². The van der Waals surface area contributed by atoms with Gasteiger partial charge in [-0.25, -0.2) is 0 Å². The third-order valence-electron chi connectivity index (χ3n) is 3.24. The van der Waals surface area contributed by atoms with Crippen molar-refractivity contribution in [2.45, 2.75) is 45.6 Å². The molecule has 2 N–H and O–H groups in total. The Hall–Kier alpha value is -0.570. The number of amides is 1. The van der Waals surface area contributed by atoms with Crippen LogP contribution in [0.25, 0.3) is 0 Å². The Bertz CT molecular complexity index is 188. The predicted octanol–water partition coefficient (Wildman–Crippen LogP) is 1.31. The van der Waals surface area contributed by atoms with Gasteiger partial charge in [-0.1, -0.05) is 19.8 Å². The first kappa shape index (κ1) is 11.5. The van der Waals surface area contributed by atoms with Crippen molar-refractivity contribution in [3.63, 3.8) is 0 Å². The predicted molar refractivity (Wildman–Crippen MR) is 55.8 cm³/mol. The lowest BCUT2D eigenvalue weighted by Gasteiger charge is -2.21. The van der Waals surface area contributed by atoms with Crippen LogP contribution in [-0.2, 0) is 4.79 Å². The summed E-state index contributed by atoms with van der Waals surface area (Å²) in [5.74, 6) is 0.541. The SMILES string of the molecule is CC(CO)C(C)NC(=O)C1CCCC1. The van der Waals surface area contributed by atoms with Crippen LogP contribution in [0.4, 0.5) is 0 Å². The third kappa shape index (κ3) is 2.98. The summed E-state index contributed by atoms with van der Waals surface area (Å²) in [7, 11) is 0. The van der Waals surface area contributed by atoms with Crippen LogP contribution in [-0.4, -0.2) is 23.7 Å². The summed E-state index contributed by atoms with van der Waals surface area (Å²) < 4.78 is 0. The van der Waals surface area contributed by atoms with Crippen LogP contribution in [0, 0.1) is 11.8 Å². The summed E-state index contributed by atoms with van der Waals surface area (Å²) in [6, 6.07) is 0.0769. The summed E-state index contributed by atoms with van der Waals surface area (Å²) in [6.45, 7) is 4.03. The number of nitrogens with one attached hydrogen (secondary N) is 1. The van der Waals surface area contributed by atoms with E-state index in [4.69, 9.17) is 5.11 Å². The molecule has 0 saturated heterocycles. The van der Waals surface area contributed by atoms with Crippen LogP contribution in [0.2, 0.25) is 0 Å². The molecule has 3 nitrogen and oxygen atoms in total. The molecule has 14 heavy (non-hydrogen) atoms. The summed E-state index contributed by atoms with van der Waals surface area (Å²) >= 11 is 0. The number of hydrogen-bond acceptors (Lipinski definition) is 2. The minimum Gasteiger partial charge on any atom is -0.396 e. The fourth-order valence-electron chi connectivity index (χ4n) is 1.83. The molecule has 0 spiro atoms. The van der Waals surface area contributed by atoms with Gasteiger partial charge in [-0.2, -0.15) is 0 Å². The van der Waals surface area contributed by atoms with Gasteiger partial charge >= 0.3 is 0 Å². The van der Waals surface area contributed by atoms with Gasteiger partial charge in [0, 0.05) is 18.6 Å². The molecule has 1 amide bonds. The van der Waals surface area contributed by atoms with Gasteiger partial charge in [0.05, 0.1) is 0 Å². The summed E-state index contributed by atoms with van der Waals surface area (Å²) in [5.41, 5.74) is 0. The molecule has 82 valence electrons. The van der Waals surface area contributed by atoms with E-state index >= 15 is 0 Å². The van der Waals surface area contributed by atoms with E-state index < -0.39 is 0 Å². The maximum absolute atomic E-state index is 11.7. The molecule has 0 aromatic rings. The zero-order valence-corrected chi connectivity index (χ0v) is 9.12. The van der Waals surface area contributed by atoms with E-state index in [-0.39, 0.29) is 30.4 Å². The van der Waals surface area contributed by atoms with Crippen molar-refractivity contribution in [2.75, 3.05) is 6.61 Å². The molecule has 1 fully saturated rings. The molecule has 0 aromatic heterocycles. The van der Waals surface area contributed by atoms with Crippen molar-refractivity contribution in [1.29, 1.82) is 0 Å². The lowest BCUT2D eigenvalue weighted by atomic mass is 10.0. The summed E-state index contributed by atoms with van der Waals surface area (Å²) in [6.07, 6.45) is 4.43. The summed E-state index contributed by atoms with van der Waals surface area (Å²) in [5, 5.41) is 11.9. The van der Waals surface area contributed by atoms with Crippen LogP contribution in [0.3, 0.4) is 0 Å². The Kier molecular flexibility index (Phi) is 4.39. The van der Waals surface area contributed by atoms with E-state index in [1.807, 2.05) is 13.8 Å². The monoisotopic (exact) mass is 199 g/mol. The molecule has 0 radical (unpaired) electrons. The smallest absolute Gasteiger partial charge is 0.223 e. The molecule has 1 aliphatic rings. The first-order valence-corrected chi connectivity index (χ1v) is 5.56. The van der Waals surface area contributed by atoms with Crippen molar-refractivity contribution in [2.24, 2.45) is 11.8 Å². The van der Waals surface area contributed by atoms with E-state index in [2.05, 4.69) is 5.32 Å². The Morgan fingerprint density at radius 3 is 2.50 bits per heavy atom. The number of rotatable bonds is 4. The average Bonchev–Trinajstić information content (AvgIpc) is 2.69. The van der Waals surface area contributed by atoms with Crippen LogP contribution >= 0.6 is 0 Å². The highest BCUT2D eigenvalue weighted by atomic mass is 16.3. The number of hydrogen-bond donors (Lipinski definition) is 2. The molecule has 3 heteroatoms. The molecule has 1 aliphatic carbocycles. The van der Waals surface area contributed by atoms with E-state index in [0.29, 0.717) is 0 Å². The van der Waals surface area contributed by atoms with Crippen molar-refractivity contribution in [1.82, 2.24) is 5.32 Å². The lowest BCUT2D eigenvalue weighted by Crippen LogP contribution is -2.41.